The van der Waals surface area contributed by atoms with Crippen LogP contribution in [0.5, 0.6) is 0 Å². The minimum atomic E-state index is -0.442. The first-order valence-electron chi connectivity index (χ1n) is 8.90. The maximum atomic E-state index is 12.1. The Kier molecular flexibility index (Phi) is 6.02. The average molecular weight is 406 g/mol. The predicted octanol–water partition coefficient (Wildman–Crippen LogP) is 3.89. The van der Waals surface area contributed by atoms with Gasteiger partial charge in [-0.1, -0.05) is 12.1 Å². The van der Waals surface area contributed by atoms with Gasteiger partial charge < -0.3 is 9.73 Å². The fourth-order valence-electron chi connectivity index (χ4n) is 2.78. The van der Waals surface area contributed by atoms with Crippen LogP contribution < -0.4 is 10.7 Å². The summed E-state index contributed by atoms with van der Waals surface area (Å²) in [6.45, 7) is 3.05. The number of rotatable bonds is 6. The van der Waals surface area contributed by atoms with Gasteiger partial charge in [-0.25, -0.2) is 5.43 Å². The lowest BCUT2D eigenvalue weighted by Gasteiger charge is -2.03. The van der Waals surface area contributed by atoms with Crippen molar-refractivity contribution in [3.63, 3.8) is 0 Å². The Labute approximate surface area is 171 Å². The largest absolute Gasteiger partial charge is 0.455 e. The highest BCUT2D eigenvalue weighted by atomic mass is 16.6. The molecule has 0 atom stereocenters. The van der Waals surface area contributed by atoms with E-state index in [2.05, 4.69) is 15.8 Å². The van der Waals surface area contributed by atoms with Crippen LogP contribution in [0.15, 0.2) is 64.1 Å². The van der Waals surface area contributed by atoms with Crippen LogP contribution in [-0.4, -0.2) is 23.0 Å². The van der Waals surface area contributed by atoms with E-state index in [4.69, 9.17) is 4.42 Å². The number of carbonyl (C=O) groups excluding carboxylic acids is 2. The standard InChI is InChI=1S/C21H18N4O5/c1-13-18(4-3-5-19(13)25(28)29)20-11-10-17(30-20)12-22-24-21(27)15-6-8-16(9-7-15)23-14(2)26/h3-12H,1-2H3,(H,23,26)(H,24,27). The Hall–Kier alpha value is -4.27. The molecule has 0 unspecified atom stereocenters. The number of nitrogens with one attached hydrogen (secondary N) is 2. The minimum absolute atomic E-state index is 0.0101. The number of anilines is 1. The van der Waals surface area contributed by atoms with E-state index in [1.54, 1.807) is 55.5 Å². The fraction of sp³-hybridized carbons (Fsp3) is 0.0952. The zero-order chi connectivity index (χ0) is 21.7. The Morgan fingerprint density at radius 3 is 2.50 bits per heavy atom. The lowest BCUT2D eigenvalue weighted by atomic mass is 10.1. The number of carbonyl (C=O) groups is 2. The van der Waals surface area contributed by atoms with E-state index in [9.17, 15) is 19.7 Å². The topological polar surface area (TPSA) is 127 Å². The van der Waals surface area contributed by atoms with Crippen molar-refractivity contribution in [2.75, 3.05) is 5.32 Å². The van der Waals surface area contributed by atoms with E-state index in [-0.39, 0.29) is 11.6 Å². The smallest absolute Gasteiger partial charge is 0.273 e. The highest BCUT2D eigenvalue weighted by molar-refractivity contribution is 5.96. The molecule has 1 aromatic heterocycles. The van der Waals surface area contributed by atoms with E-state index < -0.39 is 10.8 Å². The molecule has 3 rings (SSSR count). The summed E-state index contributed by atoms with van der Waals surface area (Å²) in [5.74, 6) is 0.201. The summed E-state index contributed by atoms with van der Waals surface area (Å²) < 4.78 is 5.66. The van der Waals surface area contributed by atoms with E-state index in [0.717, 1.165) is 0 Å². The Morgan fingerprint density at radius 2 is 1.83 bits per heavy atom. The normalized spacial score (nSPS) is 10.7. The van der Waals surface area contributed by atoms with Gasteiger partial charge in [0.05, 0.1) is 11.1 Å². The first-order valence-corrected chi connectivity index (χ1v) is 8.90. The number of amides is 2. The quantitative estimate of drug-likeness (QED) is 0.365. The van der Waals surface area contributed by atoms with Crippen molar-refractivity contribution in [1.29, 1.82) is 0 Å². The van der Waals surface area contributed by atoms with Gasteiger partial charge in [-0.15, -0.1) is 0 Å². The van der Waals surface area contributed by atoms with Crippen molar-refractivity contribution < 1.29 is 18.9 Å². The second-order valence-corrected chi connectivity index (χ2v) is 6.37. The second-order valence-electron chi connectivity index (χ2n) is 6.37. The van der Waals surface area contributed by atoms with Crippen molar-refractivity contribution in [2.45, 2.75) is 13.8 Å². The third kappa shape index (κ3) is 4.76. The molecule has 0 spiro atoms. The number of furan rings is 1. The molecule has 2 amide bonds. The highest BCUT2D eigenvalue weighted by Gasteiger charge is 2.16. The molecule has 0 aliphatic heterocycles. The van der Waals surface area contributed by atoms with Gasteiger partial charge in [0.15, 0.2) is 0 Å². The highest BCUT2D eigenvalue weighted by Crippen LogP contribution is 2.30. The molecular formula is C21H18N4O5. The summed E-state index contributed by atoms with van der Waals surface area (Å²) in [5, 5.41) is 17.6. The van der Waals surface area contributed by atoms with Crippen LogP contribution in [0.25, 0.3) is 11.3 Å². The van der Waals surface area contributed by atoms with Crippen LogP contribution in [-0.2, 0) is 4.79 Å². The van der Waals surface area contributed by atoms with Gasteiger partial charge in [-0.3, -0.25) is 19.7 Å². The maximum absolute atomic E-state index is 12.1. The molecule has 9 heteroatoms. The molecule has 152 valence electrons. The maximum Gasteiger partial charge on any atom is 0.273 e. The van der Waals surface area contributed by atoms with Crippen LogP contribution >= 0.6 is 0 Å². The number of benzene rings is 2. The molecule has 1 heterocycles. The SMILES string of the molecule is CC(=O)Nc1ccc(C(=O)NN=Cc2ccc(-c3cccc([N+](=O)[O-])c3C)o2)cc1. The van der Waals surface area contributed by atoms with Crippen molar-refractivity contribution >= 4 is 29.4 Å². The average Bonchev–Trinajstić information content (AvgIpc) is 3.16. The van der Waals surface area contributed by atoms with E-state index in [1.165, 1.54) is 19.2 Å². The van der Waals surface area contributed by atoms with Crippen LogP contribution in [0.4, 0.5) is 11.4 Å². The third-order valence-electron chi connectivity index (χ3n) is 4.22. The van der Waals surface area contributed by atoms with Gasteiger partial charge in [-0.05, 0) is 43.3 Å². The Morgan fingerprint density at radius 1 is 1.10 bits per heavy atom. The molecule has 0 bridgehead atoms. The Bertz CT molecular complexity index is 1130. The lowest BCUT2D eigenvalue weighted by molar-refractivity contribution is -0.385. The number of hydrazone groups is 1. The molecular weight excluding hydrogens is 388 g/mol. The lowest BCUT2D eigenvalue weighted by Crippen LogP contribution is -2.17. The number of nitrogens with zero attached hydrogens (tertiary/aromatic N) is 2. The van der Waals surface area contributed by atoms with Gasteiger partial charge in [0.1, 0.15) is 11.5 Å². The zero-order valence-electron chi connectivity index (χ0n) is 16.2. The fourth-order valence-corrected chi connectivity index (χ4v) is 2.78. The van der Waals surface area contributed by atoms with Crippen molar-refractivity contribution in [1.82, 2.24) is 5.43 Å². The van der Waals surface area contributed by atoms with Crippen LogP contribution in [0, 0.1) is 17.0 Å². The zero-order valence-corrected chi connectivity index (χ0v) is 16.2. The molecule has 3 aromatic rings. The summed E-state index contributed by atoms with van der Waals surface area (Å²) >= 11 is 0. The molecule has 0 aliphatic carbocycles. The number of hydrogen-bond donors (Lipinski definition) is 2. The number of hydrogen-bond acceptors (Lipinski definition) is 6. The van der Waals surface area contributed by atoms with Crippen molar-refractivity contribution in [2.24, 2.45) is 5.10 Å². The Balaban J connectivity index is 1.66. The summed E-state index contributed by atoms with van der Waals surface area (Å²) in [4.78, 5) is 33.8. The molecule has 30 heavy (non-hydrogen) atoms. The minimum Gasteiger partial charge on any atom is -0.455 e. The first-order chi connectivity index (χ1) is 14.3. The van der Waals surface area contributed by atoms with Gasteiger partial charge in [-0.2, -0.15) is 5.10 Å². The number of nitro benzene ring substituents is 1. The van der Waals surface area contributed by atoms with Gasteiger partial charge in [0.25, 0.3) is 11.6 Å². The van der Waals surface area contributed by atoms with Gasteiger partial charge >= 0.3 is 0 Å². The molecule has 9 nitrogen and oxygen atoms in total. The monoisotopic (exact) mass is 406 g/mol. The summed E-state index contributed by atoms with van der Waals surface area (Å²) in [6, 6.07) is 14.4. The molecule has 2 aromatic carbocycles. The molecule has 0 saturated heterocycles. The van der Waals surface area contributed by atoms with E-state index >= 15 is 0 Å². The van der Waals surface area contributed by atoms with Crippen LogP contribution in [0.2, 0.25) is 0 Å². The summed E-state index contributed by atoms with van der Waals surface area (Å²) in [7, 11) is 0. The molecule has 0 radical (unpaired) electrons. The molecule has 0 saturated carbocycles. The van der Waals surface area contributed by atoms with E-state index in [0.29, 0.717) is 33.9 Å². The van der Waals surface area contributed by atoms with Gasteiger partial charge in [0.2, 0.25) is 5.91 Å². The number of nitro groups is 1. The van der Waals surface area contributed by atoms with Crippen LogP contribution in [0.3, 0.4) is 0 Å². The van der Waals surface area contributed by atoms with Gasteiger partial charge in [0, 0.05) is 35.4 Å². The third-order valence-corrected chi connectivity index (χ3v) is 4.22. The van der Waals surface area contributed by atoms with Crippen molar-refractivity contribution in [3.05, 3.63) is 81.6 Å². The molecule has 2 N–H and O–H groups in total. The molecule has 0 aliphatic rings. The molecule has 0 fully saturated rings. The first kappa shape index (κ1) is 20.5. The summed E-state index contributed by atoms with van der Waals surface area (Å²) in [6.07, 6.45) is 1.33. The summed E-state index contributed by atoms with van der Waals surface area (Å²) in [5.41, 5.74) is 4.45. The second kappa shape index (κ2) is 8.82. The van der Waals surface area contributed by atoms with E-state index in [1.807, 2.05) is 0 Å². The van der Waals surface area contributed by atoms with Crippen molar-refractivity contribution in [3.8, 4) is 11.3 Å². The predicted molar refractivity (Wildman–Crippen MR) is 111 cm³/mol. The van der Waals surface area contributed by atoms with Crippen LogP contribution in [0.1, 0.15) is 28.6 Å².